The number of benzene rings is 2. The topological polar surface area (TPSA) is 59.0 Å². The highest BCUT2D eigenvalue weighted by Crippen LogP contribution is 2.38. The first-order valence-corrected chi connectivity index (χ1v) is 11.6. The zero-order valence-corrected chi connectivity index (χ0v) is 19.0. The fraction of sp³-hybridized carbons (Fsp3) is 0.231. The van der Waals surface area contributed by atoms with E-state index in [9.17, 15) is 4.79 Å². The monoisotopic (exact) mass is 440 g/mol. The molecule has 2 aromatic heterocycles. The molecule has 2 heterocycles. The predicted octanol–water partition coefficient (Wildman–Crippen LogP) is 5.55. The van der Waals surface area contributed by atoms with Gasteiger partial charge in [0.1, 0.15) is 4.88 Å². The molecule has 2 aromatic carbocycles. The largest absolute Gasteiger partial charge is 0.327 e. The van der Waals surface area contributed by atoms with Gasteiger partial charge in [0.15, 0.2) is 10.8 Å². The summed E-state index contributed by atoms with van der Waals surface area (Å²) in [5.41, 5.74) is 5.65. The second-order valence-electron chi connectivity index (χ2n) is 8.18. The summed E-state index contributed by atoms with van der Waals surface area (Å²) in [7, 11) is 0. The minimum atomic E-state index is 0.0180. The molecule has 0 aliphatic heterocycles. The maximum atomic E-state index is 13.9. The molecule has 5 nitrogen and oxygen atoms in total. The average Bonchev–Trinajstić information content (AvgIpc) is 3.43. The third-order valence-electron chi connectivity index (χ3n) is 5.96. The van der Waals surface area contributed by atoms with Gasteiger partial charge in [0.25, 0.3) is 5.91 Å². The number of rotatable bonds is 5. The van der Waals surface area contributed by atoms with Crippen LogP contribution in [0.2, 0.25) is 0 Å². The number of aromatic nitrogens is 3. The van der Waals surface area contributed by atoms with E-state index in [2.05, 4.69) is 70.4 Å². The second-order valence-corrected chi connectivity index (χ2v) is 9.18. The molecule has 1 atom stereocenters. The van der Waals surface area contributed by atoms with Gasteiger partial charge in [-0.05, 0) is 49.4 Å². The van der Waals surface area contributed by atoms with Crippen molar-refractivity contribution in [3.63, 3.8) is 0 Å². The molecule has 0 spiro atoms. The number of hydrogen-bond acceptors (Lipinski definition) is 5. The fourth-order valence-electron chi connectivity index (χ4n) is 4.30. The minimum Gasteiger partial charge on any atom is -0.327 e. The van der Waals surface area contributed by atoms with Crippen LogP contribution in [0.25, 0.3) is 10.8 Å². The van der Waals surface area contributed by atoms with Crippen molar-refractivity contribution in [2.75, 3.05) is 0 Å². The lowest BCUT2D eigenvalue weighted by atomic mass is 10.0. The SMILES string of the molecule is Cc1ccc(CN(C(=O)c2sc(-c3ncccn3)nc2C)C2CCc3ccccc32)cc1. The summed E-state index contributed by atoms with van der Waals surface area (Å²) in [6, 6.07) is 18.7. The molecule has 6 heteroatoms. The predicted molar refractivity (Wildman–Crippen MR) is 126 cm³/mol. The number of amides is 1. The smallest absolute Gasteiger partial charge is 0.266 e. The van der Waals surface area contributed by atoms with Crippen LogP contribution in [0, 0.1) is 13.8 Å². The molecule has 0 radical (unpaired) electrons. The van der Waals surface area contributed by atoms with Gasteiger partial charge in [0, 0.05) is 18.9 Å². The maximum Gasteiger partial charge on any atom is 0.266 e. The van der Waals surface area contributed by atoms with Crippen LogP contribution in [0.1, 0.15) is 50.1 Å². The van der Waals surface area contributed by atoms with Crippen molar-refractivity contribution >= 4 is 17.2 Å². The Labute approximate surface area is 191 Å². The molecular weight excluding hydrogens is 416 g/mol. The summed E-state index contributed by atoms with van der Waals surface area (Å²) < 4.78 is 0. The van der Waals surface area contributed by atoms with Crippen molar-refractivity contribution in [1.82, 2.24) is 19.9 Å². The van der Waals surface area contributed by atoms with Crippen LogP contribution in [-0.2, 0) is 13.0 Å². The third kappa shape index (κ3) is 3.94. The van der Waals surface area contributed by atoms with Crippen molar-refractivity contribution in [2.45, 2.75) is 39.3 Å². The highest BCUT2D eigenvalue weighted by molar-refractivity contribution is 7.17. The summed E-state index contributed by atoms with van der Waals surface area (Å²) in [6.07, 6.45) is 5.31. The summed E-state index contributed by atoms with van der Waals surface area (Å²) >= 11 is 1.37. The van der Waals surface area contributed by atoms with E-state index in [0.717, 1.165) is 24.1 Å². The van der Waals surface area contributed by atoms with E-state index >= 15 is 0 Å². The van der Waals surface area contributed by atoms with Crippen molar-refractivity contribution in [3.05, 3.63) is 99.8 Å². The Kier molecular flexibility index (Phi) is 5.53. The molecule has 4 aromatic rings. The van der Waals surface area contributed by atoms with Gasteiger partial charge in [-0.1, -0.05) is 54.1 Å². The molecule has 0 saturated heterocycles. The number of nitrogens with zero attached hydrogens (tertiary/aromatic N) is 4. The molecule has 0 saturated carbocycles. The van der Waals surface area contributed by atoms with Gasteiger partial charge in [-0.15, -0.1) is 11.3 Å². The van der Waals surface area contributed by atoms with Crippen molar-refractivity contribution < 1.29 is 4.79 Å². The van der Waals surface area contributed by atoms with Crippen LogP contribution in [0.5, 0.6) is 0 Å². The summed E-state index contributed by atoms with van der Waals surface area (Å²) in [5.74, 6) is 0.570. The Balaban J connectivity index is 1.52. The number of fused-ring (bicyclic) bond motifs is 1. The molecule has 1 unspecified atom stereocenters. The van der Waals surface area contributed by atoms with Crippen molar-refractivity contribution in [1.29, 1.82) is 0 Å². The van der Waals surface area contributed by atoms with Crippen molar-refractivity contribution in [3.8, 4) is 10.8 Å². The van der Waals surface area contributed by atoms with Gasteiger partial charge < -0.3 is 4.90 Å². The standard InChI is InChI=1S/C26H24N4OS/c1-17-8-10-19(11-9-17)16-30(22-13-12-20-6-3-4-7-21(20)22)26(31)23-18(2)29-25(32-23)24-27-14-5-15-28-24/h3-11,14-15,22H,12-13,16H2,1-2H3. The van der Waals surface area contributed by atoms with E-state index in [0.29, 0.717) is 22.3 Å². The molecule has 1 amide bonds. The Morgan fingerprint density at radius 1 is 1.03 bits per heavy atom. The van der Waals surface area contributed by atoms with Gasteiger partial charge >= 0.3 is 0 Å². The highest BCUT2D eigenvalue weighted by atomic mass is 32.1. The fourth-order valence-corrected chi connectivity index (χ4v) is 5.27. The van der Waals surface area contributed by atoms with Crippen LogP contribution >= 0.6 is 11.3 Å². The molecule has 1 aliphatic rings. The maximum absolute atomic E-state index is 13.9. The van der Waals surface area contributed by atoms with E-state index in [1.165, 1.54) is 28.0 Å². The number of thiazole rings is 1. The molecule has 32 heavy (non-hydrogen) atoms. The zero-order chi connectivity index (χ0) is 22.1. The van der Waals surface area contributed by atoms with E-state index in [1.54, 1.807) is 18.5 Å². The van der Waals surface area contributed by atoms with Crippen LogP contribution in [0.4, 0.5) is 0 Å². The van der Waals surface area contributed by atoms with E-state index in [1.807, 2.05) is 11.8 Å². The zero-order valence-electron chi connectivity index (χ0n) is 18.2. The van der Waals surface area contributed by atoms with Gasteiger partial charge in [0.05, 0.1) is 11.7 Å². The highest BCUT2D eigenvalue weighted by Gasteiger charge is 2.33. The molecule has 160 valence electrons. The van der Waals surface area contributed by atoms with E-state index in [4.69, 9.17) is 0 Å². The Bertz CT molecular complexity index is 1250. The van der Waals surface area contributed by atoms with E-state index < -0.39 is 0 Å². The Morgan fingerprint density at radius 3 is 2.56 bits per heavy atom. The van der Waals surface area contributed by atoms with Gasteiger partial charge in [-0.3, -0.25) is 4.79 Å². The number of carbonyl (C=O) groups is 1. The minimum absolute atomic E-state index is 0.0180. The number of aryl methyl sites for hydroxylation is 3. The first-order chi connectivity index (χ1) is 15.6. The van der Waals surface area contributed by atoms with Crippen LogP contribution in [0.3, 0.4) is 0 Å². The van der Waals surface area contributed by atoms with Gasteiger partial charge in [-0.25, -0.2) is 15.0 Å². The summed E-state index contributed by atoms with van der Waals surface area (Å²) in [6.45, 7) is 4.53. The van der Waals surface area contributed by atoms with Gasteiger partial charge in [0.2, 0.25) is 0 Å². The normalized spacial score (nSPS) is 14.9. The quantitative estimate of drug-likeness (QED) is 0.408. The molecule has 1 aliphatic carbocycles. The molecule has 0 N–H and O–H groups in total. The first-order valence-electron chi connectivity index (χ1n) is 10.8. The lowest BCUT2D eigenvalue weighted by Gasteiger charge is -2.30. The Morgan fingerprint density at radius 2 is 1.78 bits per heavy atom. The van der Waals surface area contributed by atoms with Crippen LogP contribution < -0.4 is 0 Å². The molecule has 5 rings (SSSR count). The number of hydrogen-bond donors (Lipinski definition) is 0. The third-order valence-corrected chi connectivity index (χ3v) is 7.10. The summed E-state index contributed by atoms with van der Waals surface area (Å²) in [5, 5.41) is 0.675. The van der Waals surface area contributed by atoms with Crippen LogP contribution in [0.15, 0.2) is 67.0 Å². The lowest BCUT2D eigenvalue weighted by Crippen LogP contribution is -2.33. The van der Waals surface area contributed by atoms with Gasteiger partial charge in [-0.2, -0.15) is 0 Å². The second kappa shape index (κ2) is 8.63. The lowest BCUT2D eigenvalue weighted by molar-refractivity contribution is 0.0662. The molecule has 0 bridgehead atoms. The van der Waals surface area contributed by atoms with Crippen molar-refractivity contribution in [2.24, 2.45) is 0 Å². The van der Waals surface area contributed by atoms with E-state index in [-0.39, 0.29) is 11.9 Å². The molecule has 0 fully saturated rings. The Hall–Kier alpha value is -3.38. The summed E-state index contributed by atoms with van der Waals surface area (Å²) in [4.78, 5) is 29.8. The first kappa shape index (κ1) is 20.5. The molecular formula is C26H24N4OS. The average molecular weight is 441 g/mol. The number of carbonyl (C=O) groups excluding carboxylic acids is 1. The van der Waals surface area contributed by atoms with Crippen LogP contribution in [-0.4, -0.2) is 25.8 Å².